The lowest BCUT2D eigenvalue weighted by atomic mass is 10.1. The van der Waals surface area contributed by atoms with Crippen LogP contribution in [0.15, 0.2) is 42.5 Å². The standard InChI is InChI=1S/C23H25ClN6O2/c1-15-10-18(30-9-3-6-21(30)31)13-19(11-15)32-14-20-27-22(25)29-23(28-20)26-8-7-16-4-2-5-17(24)12-16/h2,4-5,10-13H,3,6-9,14H2,1H3,(H3,25,26,27,28,29). The van der Waals surface area contributed by atoms with Crippen LogP contribution in [0.4, 0.5) is 17.6 Å². The summed E-state index contributed by atoms with van der Waals surface area (Å²) in [7, 11) is 0. The Labute approximate surface area is 191 Å². The third-order valence-corrected chi connectivity index (χ3v) is 5.31. The van der Waals surface area contributed by atoms with Gasteiger partial charge in [-0.3, -0.25) is 4.79 Å². The molecule has 4 rings (SSSR count). The topological polar surface area (TPSA) is 106 Å². The Morgan fingerprint density at radius 1 is 1.19 bits per heavy atom. The maximum Gasteiger partial charge on any atom is 0.227 e. The van der Waals surface area contributed by atoms with Crippen molar-refractivity contribution in [1.29, 1.82) is 0 Å². The number of amides is 1. The molecule has 3 N–H and O–H groups in total. The largest absolute Gasteiger partial charge is 0.486 e. The fourth-order valence-corrected chi connectivity index (χ4v) is 3.84. The second-order valence-corrected chi connectivity index (χ2v) is 8.12. The minimum Gasteiger partial charge on any atom is -0.486 e. The van der Waals surface area contributed by atoms with E-state index in [4.69, 9.17) is 22.1 Å². The van der Waals surface area contributed by atoms with Crippen LogP contribution < -0.4 is 20.7 Å². The fourth-order valence-electron chi connectivity index (χ4n) is 3.63. The van der Waals surface area contributed by atoms with Crippen LogP contribution in [0.3, 0.4) is 0 Å². The maximum absolute atomic E-state index is 12.1. The Hall–Kier alpha value is -3.39. The van der Waals surface area contributed by atoms with Crippen molar-refractivity contribution in [1.82, 2.24) is 15.0 Å². The van der Waals surface area contributed by atoms with E-state index in [0.717, 1.165) is 36.2 Å². The van der Waals surface area contributed by atoms with Crippen molar-refractivity contribution >= 4 is 35.1 Å². The summed E-state index contributed by atoms with van der Waals surface area (Å²) >= 11 is 6.03. The van der Waals surface area contributed by atoms with Crippen LogP contribution in [0.2, 0.25) is 5.02 Å². The molecule has 0 spiro atoms. The highest BCUT2D eigenvalue weighted by atomic mass is 35.5. The van der Waals surface area contributed by atoms with Crippen LogP contribution in [0.5, 0.6) is 5.75 Å². The highest BCUT2D eigenvalue weighted by Crippen LogP contribution is 2.27. The van der Waals surface area contributed by atoms with Crippen LogP contribution in [0, 0.1) is 6.92 Å². The van der Waals surface area contributed by atoms with Gasteiger partial charge < -0.3 is 20.7 Å². The Bertz CT molecular complexity index is 1120. The Kier molecular flexibility index (Phi) is 6.70. The highest BCUT2D eigenvalue weighted by molar-refractivity contribution is 6.30. The highest BCUT2D eigenvalue weighted by Gasteiger charge is 2.22. The molecule has 0 aliphatic carbocycles. The van der Waals surface area contributed by atoms with Crippen LogP contribution in [0.25, 0.3) is 0 Å². The lowest BCUT2D eigenvalue weighted by molar-refractivity contribution is -0.117. The summed E-state index contributed by atoms with van der Waals surface area (Å²) in [5.74, 6) is 1.72. The second kappa shape index (κ2) is 9.82. The van der Waals surface area contributed by atoms with Crippen LogP contribution >= 0.6 is 11.6 Å². The van der Waals surface area contributed by atoms with Crippen LogP contribution in [-0.2, 0) is 17.8 Å². The average Bonchev–Trinajstić information content (AvgIpc) is 3.18. The molecule has 166 valence electrons. The van der Waals surface area contributed by atoms with Gasteiger partial charge in [0.1, 0.15) is 12.4 Å². The summed E-state index contributed by atoms with van der Waals surface area (Å²) in [5, 5.41) is 3.88. The first-order chi connectivity index (χ1) is 15.5. The van der Waals surface area contributed by atoms with Crippen molar-refractivity contribution in [2.24, 2.45) is 0 Å². The number of aromatic nitrogens is 3. The van der Waals surface area contributed by atoms with Gasteiger partial charge in [-0.2, -0.15) is 15.0 Å². The minimum absolute atomic E-state index is 0.122. The van der Waals surface area contributed by atoms with E-state index < -0.39 is 0 Å². The lowest BCUT2D eigenvalue weighted by Gasteiger charge is -2.18. The first-order valence-electron chi connectivity index (χ1n) is 10.5. The van der Waals surface area contributed by atoms with E-state index in [1.807, 2.05) is 49.4 Å². The van der Waals surface area contributed by atoms with Gasteiger partial charge >= 0.3 is 0 Å². The molecule has 3 aromatic rings. The van der Waals surface area contributed by atoms with E-state index in [2.05, 4.69) is 20.3 Å². The van der Waals surface area contributed by atoms with E-state index in [-0.39, 0.29) is 18.5 Å². The summed E-state index contributed by atoms with van der Waals surface area (Å²) in [6.45, 7) is 3.46. The van der Waals surface area contributed by atoms with E-state index in [0.29, 0.717) is 35.5 Å². The molecule has 9 heteroatoms. The van der Waals surface area contributed by atoms with Crippen molar-refractivity contribution < 1.29 is 9.53 Å². The molecule has 1 fully saturated rings. The maximum atomic E-state index is 12.1. The number of carbonyl (C=O) groups is 1. The average molecular weight is 453 g/mol. The molecule has 0 bridgehead atoms. The Balaban J connectivity index is 1.39. The van der Waals surface area contributed by atoms with Crippen molar-refractivity contribution in [2.75, 3.05) is 29.0 Å². The summed E-state index contributed by atoms with van der Waals surface area (Å²) in [6, 6.07) is 13.5. The number of nitrogens with one attached hydrogen (secondary N) is 1. The van der Waals surface area contributed by atoms with Gasteiger partial charge in [-0.15, -0.1) is 0 Å². The number of anilines is 3. The molecule has 2 aromatic carbocycles. The molecule has 1 amide bonds. The molecule has 1 aromatic heterocycles. The molecule has 0 unspecified atom stereocenters. The zero-order chi connectivity index (χ0) is 22.5. The van der Waals surface area contributed by atoms with Gasteiger partial charge in [0.2, 0.25) is 17.8 Å². The van der Waals surface area contributed by atoms with Gasteiger partial charge in [-0.25, -0.2) is 0 Å². The molecular formula is C23H25ClN6O2. The van der Waals surface area contributed by atoms with E-state index in [1.165, 1.54) is 0 Å². The Morgan fingerprint density at radius 2 is 2.06 bits per heavy atom. The zero-order valence-electron chi connectivity index (χ0n) is 17.8. The van der Waals surface area contributed by atoms with Gasteiger partial charge in [-0.1, -0.05) is 23.7 Å². The number of carbonyl (C=O) groups excluding carboxylic acids is 1. The molecule has 32 heavy (non-hydrogen) atoms. The zero-order valence-corrected chi connectivity index (χ0v) is 18.6. The number of halogens is 1. The molecule has 0 saturated carbocycles. The summed E-state index contributed by atoms with van der Waals surface area (Å²) < 4.78 is 5.92. The van der Waals surface area contributed by atoms with E-state index in [1.54, 1.807) is 4.90 Å². The smallest absolute Gasteiger partial charge is 0.227 e. The van der Waals surface area contributed by atoms with Gasteiger partial charge in [0.15, 0.2) is 5.82 Å². The van der Waals surface area contributed by atoms with Gasteiger partial charge in [-0.05, 0) is 55.2 Å². The van der Waals surface area contributed by atoms with Gasteiger partial charge in [0, 0.05) is 36.3 Å². The molecule has 0 atom stereocenters. The quantitative estimate of drug-likeness (QED) is 0.535. The monoisotopic (exact) mass is 452 g/mol. The number of hydrogen-bond donors (Lipinski definition) is 2. The molecule has 8 nitrogen and oxygen atoms in total. The molecular weight excluding hydrogens is 428 g/mol. The number of ether oxygens (including phenoxy) is 1. The second-order valence-electron chi connectivity index (χ2n) is 7.68. The summed E-state index contributed by atoms with van der Waals surface area (Å²) in [4.78, 5) is 26.6. The fraction of sp³-hybridized carbons (Fsp3) is 0.304. The van der Waals surface area contributed by atoms with Crippen LogP contribution in [0.1, 0.15) is 29.8 Å². The SMILES string of the molecule is Cc1cc(OCc2nc(N)nc(NCCc3cccc(Cl)c3)n2)cc(N2CCCC2=O)c1. The number of nitrogens with two attached hydrogens (primary N) is 1. The first kappa shape index (κ1) is 21.8. The van der Waals surface area contributed by atoms with Crippen molar-refractivity contribution in [3.63, 3.8) is 0 Å². The van der Waals surface area contributed by atoms with Crippen molar-refractivity contribution in [3.8, 4) is 5.75 Å². The van der Waals surface area contributed by atoms with E-state index >= 15 is 0 Å². The Morgan fingerprint density at radius 3 is 2.84 bits per heavy atom. The first-order valence-corrected chi connectivity index (χ1v) is 10.9. The van der Waals surface area contributed by atoms with Gasteiger partial charge in [0.05, 0.1) is 0 Å². The molecule has 1 aliphatic heterocycles. The van der Waals surface area contributed by atoms with Crippen LogP contribution in [-0.4, -0.2) is 33.9 Å². The summed E-state index contributed by atoms with van der Waals surface area (Å²) in [5.41, 5.74) is 8.83. The molecule has 0 radical (unpaired) electrons. The number of nitrogen functional groups attached to an aromatic ring is 1. The van der Waals surface area contributed by atoms with Crippen molar-refractivity contribution in [3.05, 3.63) is 64.4 Å². The molecule has 2 heterocycles. The lowest BCUT2D eigenvalue weighted by Crippen LogP contribution is -2.23. The predicted molar refractivity (Wildman–Crippen MR) is 125 cm³/mol. The third kappa shape index (κ3) is 5.64. The number of aryl methyl sites for hydroxylation is 1. The number of nitrogens with zero attached hydrogens (tertiary/aromatic N) is 4. The summed E-state index contributed by atoms with van der Waals surface area (Å²) in [6.07, 6.45) is 2.22. The predicted octanol–water partition coefficient (Wildman–Crippen LogP) is 3.78. The third-order valence-electron chi connectivity index (χ3n) is 5.07. The van der Waals surface area contributed by atoms with Crippen molar-refractivity contribution in [2.45, 2.75) is 32.8 Å². The van der Waals surface area contributed by atoms with Gasteiger partial charge in [0.25, 0.3) is 0 Å². The molecule has 1 saturated heterocycles. The molecule has 1 aliphatic rings. The van der Waals surface area contributed by atoms with E-state index in [9.17, 15) is 4.79 Å². The number of rotatable bonds is 8. The number of benzene rings is 2. The minimum atomic E-state index is 0.122. The number of hydrogen-bond acceptors (Lipinski definition) is 7. The normalized spacial score (nSPS) is 13.4.